The van der Waals surface area contributed by atoms with Gasteiger partial charge in [-0.25, -0.2) is 0 Å². The van der Waals surface area contributed by atoms with E-state index in [1.54, 1.807) is 4.90 Å². The fraction of sp³-hybridized carbons (Fsp3) is 0.250. The van der Waals surface area contributed by atoms with Crippen molar-refractivity contribution in [2.45, 2.75) is 26.1 Å². The molecule has 0 saturated heterocycles. The highest BCUT2D eigenvalue weighted by molar-refractivity contribution is 5.83. The number of fused-ring (bicyclic) bond motifs is 1. The monoisotopic (exact) mass is 347 g/mol. The fourth-order valence-electron chi connectivity index (χ4n) is 3.26. The summed E-state index contributed by atoms with van der Waals surface area (Å²) in [6, 6.07) is 17.1. The Morgan fingerprint density at radius 3 is 2.50 bits per heavy atom. The smallest absolute Gasteiger partial charge is 0.244 e. The zero-order valence-electron chi connectivity index (χ0n) is 14.7. The van der Waals surface area contributed by atoms with Crippen molar-refractivity contribution in [3.63, 3.8) is 0 Å². The van der Waals surface area contributed by atoms with E-state index in [-0.39, 0.29) is 5.91 Å². The predicted molar refractivity (Wildman–Crippen MR) is 99.0 cm³/mol. The summed E-state index contributed by atoms with van der Waals surface area (Å²) >= 11 is 0. The van der Waals surface area contributed by atoms with Crippen molar-refractivity contribution in [3.8, 4) is 11.4 Å². The molecule has 4 rings (SSSR count). The summed E-state index contributed by atoms with van der Waals surface area (Å²) in [5.41, 5.74) is 9.21. The summed E-state index contributed by atoms with van der Waals surface area (Å²) in [5.74, 6) is 1.56. The lowest BCUT2D eigenvalue weighted by Gasteiger charge is -2.30. The molecule has 0 radical (unpaired) electrons. The van der Waals surface area contributed by atoms with Gasteiger partial charge in [-0.1, -0.05) is 60.2 Å². The van der Waals surface area contributed by atoms with E-state index in [1.807, 2.05) is 61.5 Å². The highest BCUT2D eigenvalue weighted by atomic mass is 16.2. The first-order valence-electron chi connectivity index (χ1n) is 8.72. The molecule has 1 aromatic heterocycles. The highest BCUT2D eigenvalue weighted by Crippen LogP contribution is 2.23. The van der Waals surface area contributed by atoms with Crippen molar-refractivity contribution < 1.29 is 4.79 Å². The summed E-state index contributed by atoms with van der Waals surface area (Å²) in [5, 5.41) is 8.61. The Bertz CT molecular complexity index is 917. The third kappa shape index (κ3) is 2.99. The van der Waals surface area contributed by atoms with Gasteiger partial charge in [0.25, 0.3) is 0 Å². The van der Waals surface area contributed by atoms with E-state index in [4.69, 9.17) is 5.73 Å². The van der Waals surface area contributed by atoms with E-state index in [0.717, 1.165) is 28.3 Å². The minimum absolute atomic E-state index is 0.0793. The number of amides is 1. The molecule has 1 amide bonds. The number of nitrogens with two attached hydrogens (primary N) is 1. The standard InChI is InChI=1S/C20H21N5O/c1-14-7-9-15(10-8-14)18(21)20(26)24-11-12-25-17(13-24)22-23-19(25)16-5-3-2-4-6-16/h2-10,18H,11-13,21H2,1H3. The van der Waals surface area contributed by atoms with Gasteiger partial charge in [0.2, 0.25) is 5.91 Å². The first-order chi connectivity index (χ1) is 12.6. The molecule has 132 valence electrons. The number of hydrogen-bond acceptors (Lipinski definition) is 4. The number of carbonyl (C=O) groups is 1. The van der Waals surface area contributed by atoms with Crippen LogP contribution in [0.3, 0.4) is 0 Å². The Balaban J connectivity index is 1.53. The Morgan fingerprint density at radius 2 is 1.77 bits per heavy atom. The molecule has 3 aromatic rings. The molecule has 2 heterocycles. The maximum absolute atomic E-state index is 12.8. The molecule has 1 unspecified atom stereocenters. The molecule has 6 nitrogen and oxygen atoms in total. The van der Waals surface area contributed by atoms with Gasteiger partial charge in [0.1, 0.15) is 6.04 Å². The lowest BCUT2D eigenvalue weighted by molar-refractivity contribution is -0.134. The van der Waals surface area contributed by atoms with Crippen LogP contribution in [0.5, 0.6) is 0 Å². The zero-order valence-corrected chi connectivity index (χ0v) is 14.7. The first-order valence-corrected chi connectivity index (χ1v) is 8.72. The first kappa shape index (κ1) is 16.5. The number of carbonyl (C=O) groups excluding carboxylic acids is 1. The van der Waals surface area contributed by atoms with E-state index in [0.29, 0.717) is 19.6 Å². The summed E-state index contributed by atoms with van der Waals surface area (Å²) < 4.78 is 2.08. The third-order valence-corrected chi connectivity index (χ3v) is 4.80. The highest BCUT2D eigenvalue weighted by Gasteiger charge is 2.28. The molecule has 0 aliphatic carbocycles. The van der Waals surface area contributed by atoms with Crippen molar-refractivity contribution in [3.05, 3.63) is 71.5 Å². The van der Waals surface area contributed by atoms with Crippen LogP contribution in [-0.2, 0) is 17.9 Å². The molecule has 6 heteroatoms. The van der Waals surface area contributed by atoms with Gasteiger partial charge in [0.05, 0.1) is 6.54 Å². The Labute approximate surface area is 152 Å². The molecule has 2 aromatic carbocycles. The minimum Gasteiger partial charge on any atom is -0.332 e. The fourth-order valence-corrected chi connectivity index (χ4v) is 3.26. The molecule has 1 aliphatic rings. The van der Waals surface area contributed by atoms with Crippen LogP contribution in [0.15, 0.2) is 54.6 Å². The van der Waals surface area contributed by atoms with Crippen LogP contribution in [0.1, 0.15) is 23.0 Å². The Kier molecular flexibility index (Phi) is 4.26. The van der Waals surface area contributed by atoms with Gasteiger partial charge >= 0.3 is 0 Å². The molecule has 0 fully saturated rings. The molecular weight excluding hydrogens is 326 g/mol. The van der Waals surface area contributed by atoms with Crippen molar-refractivity contribution >= 4 is 5.91 Å². The molecule has 0 bridgehead atoms. The van der Waals surface area contributed by atoms with E-state index in [9.17, 15) is 4.79 Å². The van der Waals surface area contributed by atoms with Crippen molar-refractivity contribution in [2.75, 3.05) is 6.54 Å². The van der Waals surface area contributed by atoms with Crippen LogP contribution in [0.4, 0.5) is 0 Å². The van der Waals surface area contributed by atoms with Crippen LogP contribution >= 0.6 is 0 Å². The number of aryl methyl sites for hydroxylation is 1. The van der Waals surface area contributed by atoms with Gasteiger partial charge in [-0.05, 0) is 12.5 Å². The Morgan fingerprint density at radius 1 is 1.04 bits per heavy atom. The lowest BCUT2D eigenvalue weighted by atomic mass is 10.0. The maximum Gasteiger partial charge on any atom is 0.244 e. The lowest BCUT2D eigenvalue weighted by Crippen LogP contribution is -2.43. The van der Waals surface area contributed by atoms with Gasteiger partial charge in [-0.3, -0.25) is 4.79 Å². The molecule has 0 saturated carbocycles. The molecule has 0 spiro atoms. The average Bonchev–Trinajstić information content (AvgIpc) is 3.11. The number of rotatable bonds is 3. The summed E-state index contributed by atoms with van der Waals surface area (Å²) in [4.78, 5) is 14.6. The van der Waals surface area contributed by atoms with Crippen molar-refractivity contribution in [2.24, 2.45) is 5.73 Å². The Hall–Kier alpha value is -2.99. The van der Waals surface area contributed by atoms with Crippen LogP contribution in [0, 0.1) is 6.92 Å². The molecule has 1 atom stereocenters. The van der Waals surface area contributed by atoms with Crippen LogP contribution in [-0.4, -0.2) is 32.1 Å². The topological polar surface area (TPSA) is 77.0 Å². The number of aromatic nitrogens is 3. The zero-order chi connectivity index (χ0) is 18.1. The van der Waals surface area contributed by atoms with Crippen LogP contribution < -0.4 is 5.73 Å². The summed E-state index contributed by atoms with van der Waals surface area (Å²) in [7, 11) is 0. The number of hydrogen-bond donors (Lipinski definition) is 1. The van der Waals surface area contributed by atoms with E-state index < -0.39 is 6.04 Å². The average molecular weight is 347 g/mol. The van der Waals surface area contributed by atoms with Crippen molar-refractivity contribution in [1.82, 2.24) is 19.7 Å². The van der Waals surface area contributed by atoms with Gasteiger partial charge < -0.3 is 15.2 Å². The maximum atomic E-state index is 12.8. The van der Waals surface area contributed by atoms with Gasteiger partial charge in [-0.15, -0.1) is 10.2 Å². The van der Waals surface area contributed by atoms with E-state index in [1.165, 1.54) is 0 Å². The molecular formula is C20H21N5O. The van der Waals surface area contributed by atoms with Crippen LogP contribution in [0.25, 0.3) is 11.4 Å². The summed E-state index contributed by atoms with van der Waals surface area (Å²) in [6.07, 6.45) is 0. The van der Waals surface area contributed by atoms with Crippen LogP contribution in [0.2, 0.25) is 0 Å². The molecule has 26 heavy (non-hydrogen) atoms. The normalized spacial score (nSPS) is 14.8. The minimum atomic E-state index is -0.654. The van der Waals surface area contributed by atoms with Gasteiger partial charge in [0, 0.05) is 18.7 Å². The van der Waals surface area contributed by atoms with E-state index >= 15 is 0 Å². The largest absolute Gasteiger partial charge is 0.332 e. The molecule has 1 aliphatic heterocycles. The van der Waals surface area contributed by atoms with E-state index in [2.05, 4.69) is 14.8 Å². The summed E-state index contributed by atoms with van der Waals surface area (Å²) in [6.45, 7) is 3.71. The second-order valence-electron chi connectivity index (χ2n) is 6.61. The second kappa shape index (κ2) is 6.72. The van der Waals surface area contributed by atoms with Gasteiger partial charge in [0.15, 0.2) is 11.6 Å². The predicted octanol–water partition coefficient (Wildman–Crippen LogP) is 2.30. The quantitative estimate of drug-likeness (QED) is 0.789. The third-order valence-electron chi connectivity index (χ3n) is 4.80. The SMILES string of the molecule is Cc1ccc(C(N)C(=O)N2CCn3c(nnc3-c3ccccc3)C2)cc1. The molecule has 2 N–H and O–H groups in total. The number of benzene rings is 2. The van der Waals surface area contributed by atoms with Crippen molar-refractivity contribution in [1.29, 1.82) is 0 Å². The van der Waals surface area contributed by atoms with Gasteiger partial charge in [-0.2, -0.15) is 0 Å². The number of nitrogens with zero attached hydrogens (tertiary/aromatic N) is 4. The second-order valence-corrected chi connectivity index (χ2v) is 6.61.